The second-order valence-electron chi connectivity index (χ2n) is 4.86. The molecule has 0 unspecified atom stereocenters. The van der Waals surface area contributed by atoms with Gasteiger partial charge in [0.15, 0.2) is 0 Å². The van der Waals surface area contributed by atoms with Gasteiger partial charge in [0.2, 0.25) is 26.5 Å². The predicted octanol–water partition coefficient (Wildman–Crippen LogP) is 0.759. The number of hydrogen-bond donors (Lipinski definition) is 1. The summed E-state index contributed by atoms with van der Waals surface area (Å²) in [7, 11) is -4.11. The number of carbonyl (C=O) groups excluding carboxylic acids is 2. The Labute approximate surface area is 139 Å². The Balaban J connectivity index is 1.89. The van der Waals surface area contributed by atoms with E-state index >= 15 is 0 Å². The molecular weight excluding hydrogens is 355 g/mol. The van der Waals surface area contributed by atoms with Crippen LogP contribution in [0.1, 0.15) is 16.2 Å². The lowest BCUT2D eigenvalue weighted by molar-refractivity contribution is -0.114. The van der Waals surface area contributed by atoms with Crippen molar-refractivity contribution in [2.45, 2.75) is 16.4 Å². The summed E-state index contributed by atoms with van der Waals surface area (Å²) in [6.07, 6.45) is 0.553. The van der Waals surface area contributed by atoms with Crippen LogP contribution in [0.25, 0.3) is 0 Å². The van der Waals surface area contributed by atoms with Crippen LogP contribution >= 0.6 is 0 Å². The van der Waals surface area contributed by atoms with E-state index in [1.165, 1.54) is 6.07 Å². The number of Topliss-reactive ketones (excluding diaryl/α,β-unsaturated/α-hetero) is 2. The molecule has 0 amide bonds. The number of nitrogens with zero attached hydrogens (tertiary/aromatic N) is 3. The van der Waals surface area contributed by atoms with Gasteiger partial charge in [-0.1, -0.05) is 0 Å². The first-order valence-corrected chi connectivity index (χ1v) is 8.26. The molecule has 3 aromatic rings. The van der Waals surface area contributed by atoms with Crippen LogP contribution in [0.2, 0.25) is 0 Å². The van der Waals surface area contributed by atoms with Gasteiger partial charge in [0.05, 0.1) is 11.2 Å². The van der Waals surface area contributed by atoms with Crippen LogP contribution in [-0.4, -0.2) is 40.6 Å². The van der Waals surface area contributed by atoms with Gasteiger partial charge < -0.3 is 4.42 Å². The first-order valence-electron chi connectivity index (χ1n) is 6.77. The highest BCUT2D eigenvalue weighted by Gasteiger charge is 2.28. The summed E-state index contributed by atoms with van der Waals surface area (Å²) < 4.78 is 43.1. The molecule has 0 radical (unpaired) electrons. The zero-order valence-corrected chi connectivity index (χ0v) is 13.2. The molecule has 25 heavy (non-hydrogen) atoms. The number of furan rings is 1. The smallest absolute Gasteiger partial charge is 0.269 e. The fraction of sp³-hybridized carbons (Fsp3) is 0.0714. The highest BCUT2D eigenvalue weighted by molar-refractivity contribution is 7.91. The van der Waals surface area contributed by atoms with Crippen LogP contribution in [-0.2, 0) is 21.1 Å². The number of sulfone groups is 1. The average Bonchev–Trinajstić information content (AvgIpc) is 3.26. The lowest BCUT2D eigenvalue weighted by Crippen LogP contribution is -2.19. The van der Waals surface area contributed by atoms with E-state index < -0.39 is 44.6 Å². The minimum atomic E-state index is -4.11. The molecule has 1 aromatic carbocycles. The third-order valence-corrected chi connectivity index (χ3v) is 4.97. The number of tetrazole rings is 1. The Kier molecular flexibility index (Phi) is 4.23. The molecule has 0 aliphatic rings. The molecule has 0 saturated heterocycles. The minimum absolute atomic E-state index is 0.00818. The summed E-state index contributed by atoms with van der Waals surface area (Å²) in [6, 6.07) is 5.38. The third-order valence-electron chi connectivity index (χ3n) is 3.23. The molecule has 0 saturated carbocycles. The lowest BCUT2D eigenvalue weighted by atomic mass is 10.1. The van der Waals surface area contributed by atoms with Crippen LogP contribution < -0.4 is 0 Å². The van der Waals surface area contributed by atoms with Crippen molar-refractivity contribution in [3.63, 3.8) is 0 Å². The van der Waals surface area contributed by atoms with E-state index in [9.17, 15) is 22.4 Å². The number of halogens is 1. The zero-order chi connectivity index (χ0) is 18.0. The van der Waals surface area contributed by atoms with E-state index in [0.29, 0.717) is 0 Å². The summed E-state index contributed by atoms with van der Waals surface area (Å²) in [5.41, 5.74) is -0.00818. The van der Waals surface area contributed by atoms with Crippen molar-refractivity contribution in [3.05, 3.63) is 53.8 Å². The van der Waals surface area contributed by atoms with E-state index in [0.717, 1.165) is 30.5 Å². The van der Waals surface area contributed by atoms with Gasteiger partial charge in [-0.05, 0) is 35.5 Å². The van der Waals surface area contributed by atoms with E-state index in [4.69, 9.17) is 4.42 Å². The fourth-order valence-electron chi connectivity index (χ4n) is 2.05. The topological polar surface area (TPSA) is 136 Å². The first-order chi connectivity index (χ1) is 11.9. The Morgan fingerprint density at radius 1 is 1.16 bits per heavy atom. The summed E-state index contributed by atoms with van der Waals surface area (Å²) in [5.74, 6) is -2.96. The van der Waals surface area contributed by atoms with Gasteiger partial charge >= 0.3 is 0 Å². The summed E-state index contributed by atoms with van der Waals surface area (Å²) in [5, 5.41) is 11.5. The number of H-pyrrole nitrogens is 1. The SMILES string of the molecule is O=C(Cc1ccoc1S(=O)(=O)c1ccc(F)cc1)C(=O)c1nn[nH]n1. The van der Waals surface area contributed by atoms with Gasteiger partial charge in [0.1, 0.15) is 5.82 Å². The maximum Gasteiger partial charge on any atom is 0.269 e. The molecule has 1 N–H and O–H groups in total. The number of aromatic amines is 1. The number of carbonyl (C=O) groups is 2. The van der Waals surface area contributed by atoms with Gasteiger partial charge in [0.25, 0.3) is 5.78 Å². The van der Waals surface area contributed by atoms with Crippen molar-refractivity contribution >= 4 is 21.4 Å². The van der Waals surface area contributed by atoms with Gasteiger partial charge in [-0.3, -0.25) is 9.59 Å². The molecule has 0 spiro atoms. The molecule has 0 aliphatic heterocycles. The van der Waals surface area contributed by atoms with Crippen LogP contribution in [0.3, 0.4) is 0 Å². The predicted molar refractivity (Wildman–Crippen MR) is 77.8 cm³/mol. The molecule has 0 atom stereocenters. The zero-order valence-electron chi connectivity index (χ0n) is 12.3. The highest BCUT2D eigenvalue weighted by Crippen LogP contribution is 2.26. The van der Waals surface area contributed by atoms with E-state index in [1.54, 1.807) is 0 Å². The summed E-state index contributed by atoms with van der Waals surface area (Å²) in [6.45, 7) is 0. The van der Waals surface area contributed by atoms with Crippen LogP contribution in [0, 0.1) is 5.82 Å². The quantitative estimate of drug-likeness (QED) is 0.385. The third kappa shape index (κ3) is 3.21. The average molecular weight is 364 g/mol. The summed E-state index contributed by atoms with van der Waals surface area (Å²) in [4.78, 5) is 23.6. The summed E-state index contributed by atoms with van der Waals surface area (Å²) >= 11 is 0. The van der Waals surface area contributed by atoms with E-state index in [2.05, 4.69) is 20.6 Å². The van der Waals surface area contributed by atoms with Crippen molar-refractivity contribution in [2.24, 2.45) is 0 Å². The molecule has 0 aliphatic carbocycles. The van der Waals surface area contributed by atoms with E-state index in [-0.39, 0.29) is 10.5 Å². The second-order valence-corrected chi connectivity index (χ2v) is 6.70. The second kappa shape index (κ2) is 6.36. The van der Waals surface area contributed by atoms with Crippen LogP contribution in [0.4, 0.5) is 4.39 Å². The molecule has 0 fully saturated rings. The van der Waals surface area contributed by atoms with E-state index in [1.807, 2.05) is 0 Å². The lowest BCUT2D eigenvalue weighted by Gasteiger charge is -2.04. The number of benzene rings is 1. The Morgan fingerprint density at radius 3 is 2.52 bits per heavy atom. The number of ketones is 2. The van der Waals surface area contributed by atoms with Gasteiger partial charge in [0, 0.05) is 12.0 Å². The van der Waals surface area contributed by atoms with Gasteiger partial charge in [-0.2, -0.15) is 5.21 Å². The normalized spacial score (nSPS) is 11.4. The molecule has 11 heteroatoms. The maximum absolute atomic E-state index is 13.0. The van der Waals surface area contributed by atoms with Gasteiger partial charge in [-0.25, -0.2) is 12.8 Å². The molecule has 9 nitrogen and oxygen atoms in total. The van der Waals surface area contributed by atoms with Crippen LogP contribution in [0.5, 0.6) is 0 Å². The Morgan fingerprint density at radius 2 is 1.88 bits per heavy atom. The molecule has 3 rings (SSSR count). The Bertz CT molecular complexity index is 1030. The minimum Gasteiger partial charge on any atom is -0.452 e. The molecule has 2 aromatic heterocycles. The van der Waals surface area contributed by atoms with Crippen molar-refractivity contribution in [2.75, 3.05) is 0 Å². The number of hydrogen-bond acceptors (Lipinski definition) is 8. The maximum atomic E-state index is 13.0. The monoisotopic (exact) mass is 364 g/mol. The highest BCUT2D eigenvalue weighted by atomic mass is 32.2. The number of aromatic nitrogens is 4. The molecular formula is C14H9FN4O5S. The first kappa shape index (κ1) is 16.6. The Hall–Kier alpha value is -3.21. The number of nitrogens with one attached hydrogen (secondary N) is 1. The largest absolute Gasteiger partial charge is 0.452 e. The van der Waals surface area contributed by atoms with Gasteiger partial charge in [-0.15, -0.1) is 10.2 Å². The number of rotatable bonds is 6. The van der Waals surface area contributed by atoms with Crippen LogP contribution in [0.15, 0.2) is 51.0 Å². The van der Waals surface area contributed by atoms with Crippen molar-refractivity contribution in [1.82, 2.24) is 20.6 Å². The van der Waals surface area contributed by atoms with Crippen molar-refractivity contribution < 1.29 is 26.8 Å². The van der Waals surface area contributed by atoms with Crippen molar-refractivity contribution in [1.29, 1.82) is 0 Å². The standard InChI is InChI=1S/C14H9FN4O5S/c15-9-1-3-10(4-2-9)25(22,23)14-8(5-6-24-14)7-11(20)12(21)13-16-18-19-17-13/h1-6H,7H2,(H,16,17,18,19). The molecule has 2 heterocycles. The molecule has 128 valence electrons. The molecule has 0 bridgehead atoms. The fourth-order valence-corrected chi connectivity index (χ4v) is 3.42. The van der Waals surface area contributed by atoms with Crippen molar-refractivity contribution in [3.8, 4) is 0 Å².